The molecule has 0 atom stereocenters. The Labute approximate surface area is 148 Å². The monoisotopic (exact) mass is 342 g/mol. The van der Waals surface area contributed by atoms with Gasteiger partial charge in [0, 0.05) is 0 Å². The number of hydrogen-bond acceptors (Lipinski definition) is 4. The Morgan fingerprint density at radius 3 is 1.31 bits per heavy atom. The van der Waals surface area contributed by atoms with Crippen LogP contribution >= 0.6 is 0 Å². The summed E-state index contributed by atoms with van der Waals surface area (Å²) < 4.78 is 0. The lowest BCUT2D eigenvalue weighted by molar-refractivity contribution is 0.475. The number of phenolic OH excluding ortho intramolecular Hbond substituents is 2. The normalized spacial score (nSPS) is 16.0. The molecule has 6 nitrogen and oxygen atoms in total. The van der Waals surface area contributed by atoms with E-state index in [-0.39, 0.29) is 11.5 Å². The summed E-state index contributed by atoms with van der Waals surface area (Å²) in [4.78, 5) is 18.2. The fraction of sp³-hybridized carbons (Fsp3) is 0. The molecule has 0 unspecified atom stereocenters. The van der Waals surface area contributed by atoms with Crippen LogP contribution in [0.3, 0.4) is 0 Å². The summed E-state index contributed by atoms with van der Waals surface area (Å²) in [5.74, 6) is 1.09. The van der Waals surface area contributed by atoms with Gasteiger partial charge in [-0.05, 0) is 60.7 Å². The van der Waals surface area contributed by atoms with Gasteiger partial charge in [0.2, 0.25) is 0 Å². The van der Waals surface area contributed by atoms with Gasteiger partial charge in [-0.1, -0.05) is 12.1 Å². The molecule has 1 heterocycles. The number of nitrogens with zero attached hydrogens (tertiary/aromatic N) is 4. The second-order valence-corrected chi connectivity index (χ2v) is 5.62. The van der Waals surface area contributed by atoms with Crippen LogP contribution in [-0.4, -0.2) is 21.9 Å². The maximum atomic E-state index is 9.43. The maximum absolute atomic E-state index is 9.43. The quantitative estimate of drug-likeness (QED) is 0.750. The summed E-state index contributed by atoms with van der Waals surface area (Å²) >= 11 is 0. The number of phenols is 2. The van der Waals surface area contributed by atoms with Crippen LogP contribution < -0.4 is 10.7 Å². The molecule has 0 aromatic heterocycles. The van der Waals surface area contributed by atoms with Crippen LogP contribution in [0.15, 0.2) is 92.8 Å². The Balaban J connectivity index is 1.86. The van der Waals surface area contributed by atoms with Gasteiger partial charge in [0.05, 0.1) is 22.1 Å². The zero-order valence-electron chi connectivity index (χ0n) is 13.6. The third-order valence-corrected chi connectivity index (χ3v) is 3.70. The minimum Gasteiger partial charge on any atom is -0.508 e. The molecule has 0 bridgehead atoms. The van der Waals surface area contributed by atoms with E-state index in [9.17, 15) is 10.2 Å². The first-order chi connectivity index (χ1) is 12.7. The molecule has 0 radical (unpaired) electrons. The van der Waals surface area contributed by atoms with Gasteiger partial charge in [-0.2, -0.15) is 0 Å². The van der Waals surface area contributed by atoms with E-state index < -0.39 is 0 Å². The Morgan fingerprint density at radius 2 is 0.923 bits per heavy atom. The first-order valence-corrected chi connectivity index (χ1v) is 7.96. The van der Waals surface area contributed by atoms with Crippen LogP contribution in [0.25, 0.3) is 0 Å². The van der Waals surface area contributed by atoms with Gasteiger partial charge in [0.25, 0.3) is 0 Å². The van der Waals surface area contributed by atoms with Crippen molar-refractivity contribution in [2.24, 2.45) is 20.0 Å². The predicted molar refractivity (Wildman–Crippen MR) is 99.2 cm³/mol. The number of aromatic hydroxyl groups is 2. The van der Waals surface area contributed by atoms with Crippen LogP contribution in [-0.2, 0) is 0 Å². The van der Waals surface area contributed by atoms with E-state index >= 15 is 0 Å². The van der Waals surface area contributed by atoms with E-state index in [0.29, 0.717) is 23.0 Å². The topological polar surface area (TPSA) is 89.9 Å². The molecular formula is C20H14N4O2. The zero-order chi connectivity index (χ0) is 17.9. The number of aliphatic imine (C=N–C) groups is 2. The minimum absolute atomic E-state index is 0.169. The van der Waals surface area contributed by atoms with Crippen LogP contribution in [0.2, 0.25) is 0 Å². The van der Waals surface area contributed by atoms with Crippen molar-refractivity contribution in [3.63, 3.8) is 0 Å². The van der Waals surface area contributed by atoms with Crippen molar-refractivity contribution in [1.29, 1.82) is 0 Å². The molecule has 26 heavy (non-hydrogen) atoms. The van der Waals surface area contributed by atoms with E-state index in [1.54, 1.807) is 48.5 Å². The van der Waals surface area contributed by atoms with Gasteiger partial charge in [-0.3, -0.25) is 0 Å². The fourth-order valence-corrected chi connectivity index (χ4v) is 2.43. The van der Waals surface area contributed by atoms with Gasteiger partial charge in [0.15, 0.2) is 11.7 Å². The highest BCUT2D eigenvalue weighted by molar-refractivity contribution is 6.42. The van der Waals surface area contributed by atoms with Crippen LogP contribution in [0.1, 0.15) is 0 Å². The van der Waals surface area contributed by atoms with Crippen molar-refractivity contribution in [3.8, 4) is 11.5 Å². The summed E-state index contributed by atoms with van der Waals surface area (Å²) in [6.07, 6.45) is 0. The Hall–Kier alpha value is -3.80. The van der Waals surface area contributed by atoms with E-state index in [1.165, 1.54) is 0 Å². The molecule has 2 N–H and O–H groups in total. The van der Waals surface area contributed by atoms with E-state index in [0.717, 1.165) is 10.7 Å². The fourth-order valence-electron chi connectivity index (χ4n) is 2.43. The highest BCUT2D eigenvalue weighted by atomic mass is 16.3. The molecule has 3 aromatic carbocycles. The molecule has 3 aromatic rings. The van der Waals surface area contributed by atoms with Crippen molar-refractivity contribution in [3.05, 3.63) is 83.5 Å². The third-order valence-electron chi connectivity index (χ3n) is 3.70. The molecule has 0 aliphatic carbocycles. The van der Waals surface area contributed by atoms with E-state index in [4.69, 9.17) is 0 Å². The second-order valence-electron chi connectivity index (χ2n) is 5.62. The molecule has 0 spiro atoms. The standard InChI is InChI=1S/C20H14N4O2/c25-15-9-5-13(6-10-15)21-19-20(22-14-7-11-16(26)12-8-14)24-18-4-2-1-3-17(18)23-19/h1-12,25-26H. The number of rotatable bonds is 2. The van der Waals surface area contributed by atoms with Crippen molar-refractivity contribution in [1.82, 2.24) is 0 Å². The van der Waals surface area contributed by atoms with Crippen LogP contribution in [0.5, 0.6) is 11.5 Å². The predicted octanol–water partition coefficient (Wildman–Crippen LogP) is 2.81. The lowest BCUT2D eigenvalue weighted by atomic mass is 10.3. The van der Waals surface area contributed by atoms with Crippen LogP contribution in [0, 0.1) is 0 Å². The highest BCUT2D eigenvalue weighted by Gasteiger charge is 2.12. The lowest BCUT2D eigenvalue weighted by Crippen LogP contribution is -2.34. The molecule has 0 fully saturated rings. The summed E-state index contributed by atoms with van der Waals surface area (Å²) in [7, 11) is 0. The van der Waals surface area contributed by atoms with Crippen molar-refractivity contribution < 1.29 is 10.2 Å². The first-order valence-electron chi connectivity index (χ1n) is 7.96. The largest absolute Gasteiger partial charge is 0.508 e. The van der Waals surface area contributed by atoms with Gasteiger partial charge in [-0.15, -0.1) is 0 Å². The zero-order valence-corrected chi connectivity index (χ0v) is 13.6. The Bertz CT molecular complexity index is 1040. The number of hydrogen-bond donors (Lipinski definition) is 2. The first kappa shape index (κ1) is 15.7. The molecule has 126 valence electrons. The summed E-state index contributed by atoms with van der Waals surface area (Å²) in [5.41, 5.74) is 1.27. The van der Waals surface area contributed by atoms with E-state index in [1.807, 2.05) is 24.3 Å². The maximum Gasteiger partial charge on any atom is 0.198 e. The van der Waals surface area contributed by atoms with Crippen LogP contribution in [0.4, 0.5) is 11.4 Å². The van der Waals surface area contributed by atoms with Crippen molar-refractivity contribution in [2.75, 3.05) is 0 Å². The van der Waals surface area contributed by atoms with Gasteiger partial charge in [0.1, 0.15) is 11.5 Å². The lowest BCUT2D eigenvalue weighted by Gasteiger charge is -2.07. The smallest absolute Gasteiger partial charge is 0.198 e. The molecule has 0 saturated carbocycles. The average molecular weight is 342 g/mol. The summed E-state index contributed by atoms with van der Waals surface area (Å²) in [6.45, 7) is 0. The number of para-hydroxylation sites is 2. The number of amidine groups is 2. The number of fused-ring (bicyclic) bond motifs is 1. The summed E-state index contributed by atoms with van der Waals surface area (Å²) in [6, 6.07) is 20.5. The third kappa shape index (κ3) is 3.34. The Morgan fingerprint density at radius 1 is 0.538 bits per heavy atom. The minimum atomic E-state index is 0.169. The van der Waals surface area contributed by atoms with Crippen molar-refractivity contribution in [2.45, 2.75) is 0 Å². The SMILES string of the molecule is Oc1ccc(N=C2N=c3ccccc3=NC2=Nc2ccc(O)cc2)cc1. The molecule has 6 heteroatoms. The summed E-state index contributed by atoms with van der Waals surface area (Å²) in [5, 5.41) is 20.3. The van der Waals surface area contributed by atoms with Crippen molar-refractivity contribution >= 4 is 23.0 Å². The molecule has 1 aliphatic rings. The molecule has 0 amide bonds. The van der Waals surface area contributed by atoms with E-state index in [2.05, 4.69) is 20.0 Å². The van der Waals surface area contributed by atoms with Gasteiger partial charge < -0.3 is 10.2 Å². The number of benzene rings is 3. The molecule has 0 saturated heterocycles. The molecule has 4 rings (SSSR count). The highest BCUT2D eigenvalue weighted by Crippen LogP contribution is 2.20. The Kier molecular flexibility index (Phi) is 3.99. The van der Waals surface area contributed by atoms with Gasteiger partial charge >= 0.3 is 0 Å². The molecular weight excluding hydrogens is 328 g/mol. The average Bonchev–Trinajstić information content (AvgIpc) is 2.66. The molecule has 1 aliphatic heterocycles. The van der Waals surface area contributed by atoms with Gasteiger partial charge in [-0.25, -0.2) is 20.0 Å². The second kappa shape index (κ2) is 6.60.